The average Bonchev–Trinajstić information content (AvgIpc) is 1.90. The van der Waals surface area contributed by atoms with Crippen molar-refractivity contribution in [2.75, 3.05) is 26.3 Å². The molecule has 51 valence electrons. The van der Waals surface area contributed by atoms with Gasteiger partial charge in [0.15, 0.2) is 0 Å². The fourth-order valence-electron chi connectivity index (χ4n) is 0.813. The summed E-state index contributed by atoms with van der Waals surface area (Å²) in [5, 5.41) is 0. The van der Waals surface area contributed by atoms with E-state index in [-0.39, 0.29) is 0 Å². The maximum Gasteiger partial charge on any atom is 0.0785 e. The molecule has 1 aliphatic heterocycles. The van der Waals surface area contributed by atoms with Crippen LogP contribution in [0.2, 0.25) is 0 Å². The Bertz CT molecular complexity index is 110. The van der Waals surface area contributed by atoms with Crippen molar-refractivity contribution in [2.45, 2.75) is 0 Å². The molecule has 0 aromatic heterocycles. The minimum Gasteiger partial charge on any atom is -0.378 e. The third-order valence-electron chi connectivity index (χ3n) is 1.36. The van der Waals surface area contributed by atoms with Gasteiger partial charge in [0.25, 0.3) is 0 Å². The molecule has 0 aromatic carbocycles. The molecular formula is C6H10NOS. The molecule has 1 heterocycles. The molecule has 1 saturated heterocycles. The summed E-state index contributed by atoms with van der Waals surface area (Å²) in [6.07, 6.45) is 0. The Labute approximate surface area is 60.8 Å². The summed E-state index contributed by atoms with van der Waals surface area (Å²) in [5.74, 6) is 0. The SMILES string of the molecule is [CH2]C(=S)N1CCOCC1. The maximum atomic E-state index is 5.12. The number of nitrogens with zero attached hydrogens (tertiary/aromatic N) is 1. The van der Waals surface area contributed by atoms with Crippen LogP contribution in [0.5, 0.6) is 0 Å². The van der Waals surface area contributed by atoms with Crippen molar-refractivity contribution in [2.24, 2.45) is 0 Å². The minimum absolute atomic E-state index is 0.735. The van der Waals surface area contributed by atoms with Gasteiger partial charge in [-0.2, -0.15) is 0 Å². The minimum atomic E-state index is 0.735. The van der Waals surface area contributed by atoms with Gasteiger partial charge in [-0.25, -0.2) is 0 Å². The molecular weight excluding hydrogens is 134 g/mol. The van der Waals surface area contributed by atoms with Gasteiger partial charge in [-0.1, -0.05) is 12.2 Å². The highest BCUT2D eigenvalue weighted by molar-refractivity contribution is 7.80. The summed E-state index contributed by atoms with van der Waals surface area (Å²) < 4.78 is 5.12. The van der Waals surface area contributed by atoms with Crippen LogP contribution in [-0.4, -0.2) is 36.2 Å². The second-order valence-electron chi connectivity index (χ2n) is 1.99. The zero-order chi connectivity index (χ0) is 6.69. The highest BCUT2D eigenvalue weighted by Gasteiger charge is 2.08. The van der Waals surface area contributed by atoms with E-state index >= 15 is 0 Å². The first-order valence-corrected chi connectivity index (χ1v) is 3.40. The molecule has 0 aromatic rings. The quantitative estimate of drug-likeness (QED) is 0.459. The van der Waals surface area contributed by atoms with Gasteiger partial charge in [0, 0.05) is 20.0 Å². The average molecular weight is 144 g/mol. The third-order valence-corrected chi connectivity index (χ3v) is 1.62. The van der Waals surface area contributed by atoms with Gasteiger partial charge in [-0.05, 0) is 0 Å². The van der Waals surface area contributed by atoms with Gasteiger partial charge in [0.05, 0.1) is 18.2 Å². The Morgan fingerprint density at radius 3 is 2.33 bits per heavy atom. The fourth-order valence-corrected chi connectivity index (χ4v) is 0.995. The number of hydrogen-bond donors (Lipinski definition) is 0. The van der Waals surface area contributed by atoms with E-state index in [0.29, 0.717) is 0 Å². The lowest BCUT2D eigenvalue weighted by atomic mass is 10.4. The van der Waals surface area contributed by atoms with Crippen LogP contribution in [0, 0.1) is 6.92 Å². The highest BCUT2D eigenvalue weighted by atomic mass is 32.1. The number of ether oxygens (including phenoxy) is 1. The molecule has 1 radical (unpaired) electrons. The van der Waals surface area contributed by atoms with Crippen molar-refractivity contribution >= 4 is 17.2 Å². The van der Waals surface area contributed by atoms with Gasteiger partial charge < -0.3 is 9.64 Å². The zero-order valence-corrected chi connectivity index (χ0v) is 6.12. The van der Waals surface area contributed by atoms with E-state index in [0.717, 1.165) is 31.3 Å². The van der Waals surface area contributed by atoms with Crippen molar-refractivity contribution in [1.29, 1.82) is 0 Å². The number of morpholine rings is 1. The summed E-state index contributed by atoms with van der Waals surface area (Å²) >= 11 is 4.87. The molecule has 0 aliphatic carbocycles. The Kier molecular flexibility index (Phi) is 2.42. The van der Waals surface area contributed by atoms with Crippen LogP contribution in [0.15, 0.2) is 0 Å². The molecule has 0 bridgehead atoms. The molecule has 1 aliphatic rings. The smallest absolute Gasteiger partial charge is 0.0785 e. The van der Waals surface area contributed by atoms with Crippen LogP contribution >= 0.6 is 12.2 Å². The third kappa shape index (κ3) is 1.91. The summed E-state index contributed by atoms with van der Waals surface area (Å²) in [7, 11) is 0. The first kappa shape index (κ1) is 6.96. The topological polar surface area (TPSA) is 12.5 Å². The molecule has 0 unspecified atom stereocenters. The molecule has 0 atom stereocenters. The van der Waals surface area contributed by atoms with E-state index in [1.807, 2.05) is 0 Å². The van der Waals surface area contributed by atoms with Gasteiger partial charge in [-0.15, -0.1) is 0 Å². The van der Waals surface area contributed by atoms with E-state index in [1.54, 1.807) is 0 Å². The van der Waals surface area contributed by atoms with Gasteiger partial charge in [0.1, 0.15) is 0 Å². The number of rotatable bonds is 0. The summed E-state index contributed by atoms with van der Waals surface area (Å²) in [6.45, 7) is 7.05. The van der Waals surface area contributed by atoms with Gasteiger partial charge in [0.2, 0.25) is 0 Å². The Hall–Kier alpha value is -0.150. The van der Waals surface area contributed by atoms with Crippen LogP contribution in [-0.2, 0) is 4.74 Å². The number of thiocarbonyl (C=S) groups is 1. The van der Waals surface area contributed by atoms with Crippen molar-refractivity contribution < 1.29 is 4.74 Å². The van der Waals surface area contributed by atoms with E-state index in [2.05, 4.69) is 11.8 Å². The lowest BCUT2D eigenvalue weighted by molar-refractivity contribution is 0.0694. The molecule has 0 amide bonds. The first-order chi connectivity index (χ1) is 4.30. The zero-order valence-electron chi connectivity index (χ0n) is 5.30. The van der Waals surface area contributed by atoms with E-state index in [9.17, 15) is 0 Å². The van der Waals surface area contributed by atoms with Crippen LogP contribution in [0.1, 0.15) is 0 Å². The van der Waals surface area contributed by atoms with E-state index in [1.165, 1.54) is 0 Å². The van der Waals surface area contributed by atoms with Crippen LogP contribution < -0.4 is 0 Å². The van der Waals surface area contributed by atoms with Crippen molar-refractivity contribution in [1.82, 2.24) is 4.90 Å². The summed E-state index contributed by atoms with van der Waals surface area (Å²) in [5.41, 5.74) is 0. The fraction of sp³-hybridized carbons (Fsp3) is 0.667. The van der Waals surface area contributed by atoms with E-state index < -0.39 is 0 Å². The molecule has 0 saturated carbocycles. The standard InChI is InChI=1S/C6H10NOS/c1-6(9)7-2-4-8-5-3-7/h1-5H2. The van der Waals surface area contributed by atoms with E-state index in [4.69, 9.17) is 17.0 Å². The second-order valence-corrected chi connectivity index (χ2v) is 2.46. The number of hydrogen-bond acceptors (Lipinski definition) is 2. The van der Waals surface area contributed by atoms with Gasteiger partial charge >= 0.3 is 0 Å². The Morgan fingerprint density at radius 1 is 1.44 bits per heavy atom. The maximum absolute atomic E-state index is 5.12. The van der Waals surface area contributed by atoms with Gasteiger partial charge in [-0.3, -0.25) is 0 Å². The lowest BCUT2D eigenvalue weighted by Gasteiger charge is -2.27. The molecule has 1 rings (SSSR count). The lowest BCUT2D eigenvalue weighted by Crippen LogP contribution is -2.38. The van der Waals surface area contributed by atoms with Crippen LogP contribution in [0.4, 0.5) is 0 Å². The van der Waals surface area contributed by atoms with Crippen molar-refractivity contribution in [3.05, 3.63) is 6.92 Å². The van der Waals surface area contributed by atoms with Crippen LogP contribution in [0.3, 0.4) is 0 Å². The Morgan fingerprint density at radius 2 is 2.00 bits per heavy atom. The molecule has 0 spiro atoms. The monoisotopic (exact) mass is 144 g/mol. The predicted octanol–water partition coefficient (Wildman–Crippen LogP) is 0.480. The Balaban J connectivity index is 2.31. The molecule has 3 heteroatoms. The summed E-state index contributed by atoms with van der Waals surface area (Å²) in [4.78, 5) is 2.79. The largest absolute Gasteiger partial charge is 0.378 e. The predicted molar refractivity (Wildman–Crippen MR) is 40.3 cm³/mol. The summed E-state index contributed by atoms with van der Waals surface area (Å²) in [6, 6.07) is 0. The van der Waals surface area contributed by atoms with Crippen LogP contribution in [0.25, 0.3) is 0 Å². The first-order valence-electron chi connectivity index (χ1n) is 2.99. The molecule has 1 fully saturated rings. The highest BCUT2D eigenvalue weighted by Crippen LogP contribution is 1.96. The molecule has 9 heavy (non-hydrogen) atoms. The second kappa shape index (κ2) is 3.13. The molecule has 0 N–H and O–H groups in total. The molecule has 2 nitrogen and oxygen atoms in total. The normalized spacial score (nSPS) is 19.9. The van der Waals surface area contributed by atoms with Crippen molar-refractivity contribution in [3.63, 3.8) is 0 Å². The van der Waals surface area contributed by atoms with Crippen molar-refractivity contribution in [3.8, 4) is 0 Å².